The Morgan fingerprint density at radius 2 is 2.50 bits per heavy atom. The monoisotopic (exact) mass is 139 g/mol. The van der Waals surface area contributed by atoms with Gasteiger partial charge < -0.3 is 10.4 Å². The molecule has 1 aliphatic rings. The number of aliphatic hydroxyl groups is 1. The molecule has 0 atom stereocenters. The van der Waals surface area contributed by atoms with Gasteiger partial charge in [-0.05, 0) is 18.9 Å². The third-order valence-electron chi connectivity index (χ3n) is 1.48. The average molecular weight is 139 g/mol. The summed E-state index contributed by atoms with van der Waals surface area (Å²) in [6.07, 6.45) is 8.44. The van der Waals surface area contributed by atoms with E-state index in [1.54, 1.807) is 0 Å². The van der Waals surface area contributed by atoms with Crippen molar-refractivity contribution < 1.29 is 5.11 Å². The van der Waals surface area contributed by atoms with Crippen molar-refractivity contribution in [2.24, 2.45) is 0 Å². The van der Waals surface area contributed by atoms with E-state index in [1.807, 2.05) is 6.08 Å². The van der Waals surface area contributed by atoms with Crippen molar-refractivity contribution in [2.75, 3.05) is 13.2 Å². The van der Waals surface area contributed by atoms with Crippen molar-refractivity contribution in [3.63, 3.8) is 0 Å². The van der Waals surface area contributed by atoms with Crippen molar-refractivity contribution in [3.8, 4) is 0 Å². The second-order valence-electron chi connectivity index (χ2n) is 2.31. The Balaban J connectivity index is 2.25. The molecular formula is C8H13NO. The van der Waals surface area contributed by atoms with Crippen LogP contribution in [-0.2, 0) is 0 Å². The fraction of sp³-hybridized carbons (Fsp3) is 0.500. The summed E-state index contributed by atoms with van der Waals surface area (Å²) in [6.45, 7) is 0.876. The lowest BCUT2D eigenvalue weighted by atomic mass is 10.1. The van der Waals surface area contributed by atoms with Gasteiger partial charge in [0.2, 0.25) is 0 Å². The molecule has 2 nitrogen and oxygen atoms in total. The molecule has 56 valence electrons. The maximum Gasteiger partial charge on any atom is 0.0603 e. The fourth-order valence-electron chi connectivity index (χ4n) is 0.966. The Hall–Kier alpha value is -0.760. The number of rotatable bonds is 3. The average Bonchev–Trinajstić information content (AvgIpc) is 2.03. The molecule has 0 saturated heterocycles. The number of nitrogens with one attached hydrogen (secondary N) is 1. The largest absolute Gasteiger partial charge is 0.395 e. The van der Waals surface area contributed by atoms with Crippen LogP contribution in [0.2, 0.25) is 0 Å². The highest BCUT2D eigenvalue weighted by atomic mass is 16.3. The molecule has 0 amide bonds. The normalized spacial score (nSPS) is 16.7. The quantitative estimate of drug-likeness (QED) is 0.606. The molecule has 0 fully saturated rings. The Kier molecular flexibility index (Phi) is 3.03. The van der Waals surface area contributed by atoms with Crippen LogP contribution in [0.4, 0.5) is 0 Å². The summed E-state index contributed by atoms with van der Waals surface area (Å²) in [6, 6.07) is 0. The van der Waals surface area contributed by atoms with Gasteiger partial charge in [0, 0.05) is 12.2 Å². The minimum Gasteiger partial charge on any atom is -0.395 e. The maximum atomic E-state index is 8.49. The Morgan fingerprint density at radius 3 is 3.10 bits per heavy atom. The molecule has 0 aliphatic heterocycles. The predicted molar refractivity (Wildman–Crippen MR) is 41.5 cm³/mol. The van der Waals surface area contributed by atoms with Crippen LogP contribution < -0.4 is 5.32 Å². The Bertz CT molecular complexity index is 149. The number of hydrogen-bond donors (Lipinski definition) is 2. The highest BCUT2D eigenvalue weighted by Gasteiger charge is 1.95. The van der Waals surface area contributed by atoms with Crippen LogP contribution in [0.1, 0.15) is 12.8 Å². The summed E-state index contributed by atoms with van der Waals surface area (Å²) < 4.78 is 0. The maximum absolute atomic E-state index is 8.49. The lowest BCUT2D eigenvalue weighted by Crippen LogP contribution is -2.17. The molecule has 2 heteroatoms. The lowest BCUT2D eigenvalue weighted by Gasteiger charge is -2.09. The predicted octanol–water partition coefficient (Wildman–Crippen LogP) is 0.802. The smallest absolute Gasteiger partial charge is 0.0603 e. The summed E-state index contributed by atoms with van der Waals surface area (Å²) in [4.78, 5) is 0. The zero-order valence-corrected chi connectivity index (χ0v) is 6.01. The van der Waals surface area contributed by atoms with Gasteiger partial charge in [0.25, 0.3) is 0 Å². The molecule has 0 unspecified atom stereocenters. The summed E-state index contributed by atoms with van der Waals surface area (Å²) in [5.74, 6) is 0. The van der Waals surface area contributed by atoms with Crippen LogP contribution in [0.15, 0.2) is 23.9 Å². The van der Waals surface area contributed by atoms with Gasteiger partial charge in [0.1, 0.15) is 0 Å². The van der Waals surface area contributed by atoms with Crippen LogP contribution in [0.5, 0.6) is 0 Å². The highest BCUT2D eigenvalue weighted by molar-refractivity contribution is 5.15. The summed E-state index contributed by atoms with van der Waals surface area (Å²) in [7, 11) is 0. The molecular weight excluding hydrogens is 126 g/mol. The van der Waals surface area contributed by atoms with Crippen LogP contribution in [0.25, 0.3) is 0 Å². The summed E-state index contributed by atoms with van der Waals surface area (Å²) in [5.41, 5.74) is 1.23. The lowest BCUT2D eigenvalue weighted by molar-refractivity contribution is 0.296. The van der Waals surface area contributed by atoms with E-state index in [1.165, 1.54) is 5.70 Å². The Labute approximate surface area is 61.3 Å². The van der Waals surface area contributed by atoms with Gasteiger partial charge in [0.05, 0.1) is 6.61 Å². The van der Waals surface area contributed by atoms with Crippen molar-refractivity contribution in [2.45, 2.75) is 12.8 Å². The molecule has 0 saturated carbocycles. The molecule has 1 aliphatic carbocycles. The summed E-state index contributed by atoms with van der Waals surface area (Å²) in [5, 5.41) is 11.6. The highest BCUT2D eigenvalue weighted by Crippen LogP contribution is 2.07. The van der Waals surface area contributed by atoms with Crippen LogP contribution in [0, 0.1) is 0 Å². The van der Waals surface area contributed by atoms with E-state index in [9.17, 15) is 0 Å². The van der Waals surface area contributed by atoms with E-state index in [2.05, 4.69) is 17.5 Å². The number of allylic oxidation sites excluding steroid dienone is 4. The third-order valence-corrected chi connectivity index (χ3v) is 1.48. The molecule has 0 heterocycles. The van der Waals surface area contributed by atoms with Crippen molar-refractivity contribution in [3.05, 3.63) is 23.9 Å². The van der Waals surface area contributed by atoms with E-state index in [0.717, 1.165) is 12.8 Å². The minimum absolute atomic E-state index is 0.209. The second kappa shape index (κ2) is 4.12. The molecule has 1 rings (SSSR count). The molecule has 2 N–H and O–H groups in total. The van der Waals surface area contributed by atoms with Gasteiger partial charge in [-0.1, -0.05) is 12.2 Å². The minimum atomic E-state index is 0.209. The zero-order valence-electron chi connectivity index (χ0n) is 6.01. The number of hydrogen-bond acceptors (Lipinski definition) is 2. The van der Waals surface area contributed by atoms with Crippen LogP contribution in [0.3, 0.4) is 0 Å². The van der Waals surface area contributed by atoms with Crippen molar-refractivity contribution in [1.82, 2.24) is 5.32 Å². The van der Waals surface area contributed by atoms with Gasteiger partial charge in [-0.2, -0.15) is 0 Å². The molecule has 0 aromatic heterocycles. The van der Waals surface area contributed by atoms with E-state index < -0.39 is 0 Å². The SMILES string of the molecule is OCCNC1=CC=CCC1. The molecule has 0 aromatic carbocycles. The first-order valence-electron chi connectivity index (χ1n) is 3.64. The zero-order chi connectivity index (χ0) is 7.23. The van der Waals surface area contributed by atoms with Crippen LogP contribution in [-0.4, -0.2) is 18.3 Å². The van der Waals surface area contributed by atoms with Gasteiger partial charge in [-0.3, -0.25) is 0 Å². The van der Waals surface area contributed by atoms with Crippen LogP contribution >= 0.6 is 0 Å². The Morgan fingerprint density at radius 1 is 1.60 bits per heavy atom. The molecule has 0 radical (unpaired) electrons. The summed E-state index contributed by atoms with van der Waals surface area (Å²) >= 11 is 0. The van der Waals surface area contributed by atoms with E-state index in [0.29, 0.717) is 6.54 Å². The molecule has 0 spiro atoms. The van der Waals surface area contributed by atoms with Gasteiger partial charge in [-0.15, -0.1) is 0 Å². The van der Waals surface area contributed by atoms with Gasteiger partial charge in [0.15, 0.2) is 0 Å². The van der Waals surface area contributed by atoms with E-state index in [4.69, 9.17) is 5.11 Å². The first-order chi connectivity index (χ1) is 4.93. The first kappa shape index (κ1) is 7.35. The third kappa shape index (κ3) is 2.23. The standard InChI is InChI=1S/C8H13NO/c10-7-6-9-8-4-2-1-3-5-8/h1-2,4,9-10H,3,5-7H2. The van der Waals surface area contributed by atoms with E-state index >= 15 is 0 Å². The number of aliphatic hydroxyl groups excluding tert-OH is 1. The van der Waals surface area contributed by atoms with Gasteiger partial charge in [-0.25, -0.2) is 0 Å². The van der Waals surface area contributed by atoms with Gasteiger partial charge >= 0.3 is 0 Å². The molecule has 10 heavy (non-hydrogen) atoms. The molecule has 0 aromatic rings. The topological polar surface area (TPSA) is 32.3 Å². The fourth-order valence-corrected chi connectivity index (χ4v) is 0.966. The van der Waals surface area contributed by atoms with E-state index in [-0.39, 0.29) is 6.61 Å². The van der Waals surface area contributed by atoms with Crippen molar-refractivity contribution in [1.29, 1.82) is 0 Å². The first-order valence-corrected chi connectivity index (χ1v) is 3.64. The second-order valence-corrected chi connectivity index (χ2v) is 2.31. The molecule has 0 bridgehead atoms. The van der Waals surface area contributed by atoms with Crippen molar-refractivity contribution >= 4 is 0 Å².